The molecule has 0 saturated carbocycles. The Balaban J connectivity index is 1.69. The summed E-state index contributed by atoms with van der Waals surface area (Å²) in [5.74, 6) is -2.42. The molecule has 0 aromatic heterocycles. The summed E-state index contributed by atoms with van der Waals surface area (Å²) in [6, 6.07) is 8.70. The van der Waals surface area contributed by atoms with Gasteiger partial charge in [-0.25, -0.2) is 4.79 Å². The number of ether oxygens (including phenoxy) is 1. The van der Waals surface area contributed by atoms with Gasteiger partial charge < -0.3 is 10.1 Å². The highest BCUT2D eigenvalue weighted by molar-refractivity contribution is 9.10. The van der Waals surface area contributed by atoms with Gasteiger partial charge >= 0.3 is 5.97 Å². The second-order valence-electron chi connectivity index (χ2n) is 7.37. The SMILES string of the molecule is CCCC[C@H](C(=O)OCC(=O)Nc1ccc(Br)c(Cl)c1C)N1C(=O)c2ccccc2C1=O. The maximum absolute atomic E-state index is 12.8. The van der Waals surface area contributed by atoms with Crippen molar-refractivity contribution in [2.24, 2.45) is 0 Å². The van der Waals surface area contributed by atoms with Gasteiger partial charge in [0.15, 0.2) is 6.61 Å². The molecule has 3 rings (SSSR count). The lowest BCUT2D eigenvalue weighted by Crippen LogP contribution is -2.46. The number of rotatable bonds is 8. The van der Waals surface area contributed by atoms with Gasteiger partial charge in [0.25, 0.3) is 17.7 Å². The van der Waals surface area contributed by atoms with Crippen molar-refractivity contribution in [1.82, 2.24) is 4.90 Å². The molecule has 0 aliphatic carbocycles. The summed E-state index contributed by atoms with van der Waals surface area (Å²) in [5.41, 5.74) is 1.66. The second kappa shape index (κ2) is 10.3. The summed E-state index contributed by atoms with van der Waals surface area (Å²) in [7, 11) is 0. The first-order chi connectivity index (χ1) is 15.3. The molecule has 0 unspecified atom stereocenters. The van der Waals surface area contributed by atoms with Crippen molar-refractivity contribution in [3.05, 3.63) is 62.6 Å². The van der Waals surface area contributed by atoms with Crippen LogP contribution in [0.2, 0.25) is 5.02 Å². The van der Waals surface area contributed by atoms with Crippen LogP contribution in [0, 0.1) is 6.92 Å². The predicted octanol–water partition coefficient (Wildman–Crippen LogP) is 4.75. The van der Waals surface area contributed by atoms with E-state index in [1.165, 1.54) is 0 Å². The summed E-state index contributed by atoms with van der Waals surface area (Å²) in [6.07, 6.45) is 1.62. The third kappa shape index (κ3) is 4.86. The standard InChI is InChI=1S/C23H22BrClN2O5/c1-3-4-9-18(27-21(29)14-7-5-6-8-15(14)22(27)30)23(31)32-12-19(28)26-17-11-10-16(24)20(25)13(17)2/h5-8,10-11,18H,3-4,9,12H2,1-2H3,(H,26,28)/t18-/m1/s1. The highest BCUT2D eigenvalue weighted by Crippen LogP contribution is 2.31. The third-order valence-electron chi connectivity index (χ3n) is 5.20. The largest absolute Gasteiger partial charge is 0.454 e. The van der Waals surface area contributed by atoms with Gasteiger partial charge in [-0.1, -0.05) is 43.5 Å². The first-order valence-electron chi connectivity index (χ1n) is 10.1. The van der Waals surface area contributed by atoms with Crippen LogP contribution < -0.4 is 5.32 Å². The molecule has 32 heavy (non-hydrogen) atoms. The molecular formula is C23H22BrClN2O5. The minimum atomic E-state index is -1.10. The number of fused-ring (bicyclic) bond motifs is 1. The molecular weight excluding hydrogens is 500 g/mol. The number of amides is 3. The molecule has 3 amide bonds. The summed E-state index contributed by atoms with van der Waals surface area (Å²) >= 11 is 9.48. The topological polar surface area (TPSA) is 92.8 Å². The number of carbonyl (C=O) groups excluding carboxylic acids is 4. The Hall–Kier alpha value is -2.71. The Morgan fingerprint density at radius 1 is 1.12 bits per heavy atom. The molecule has 0 bridgehead atoms. The van der Waals surface area contributed by atoms with Crippen molar-refractivity contribution in [3.63, 3.8) is 0 Å². The number of unbranched alkanes of at least 4 members (excludes halogenated alkanes) is 1. The maximum atomic E-state index is 12.8. The van der Waals surface area contributed by atoms with Gasteiger partial charge in [0.1, 0.15) is 6.04 Å². The lowest BCUT2D eigenvalue weighted by atomic mass is 10.1. The van der Waals surface area contributed by atoms with Crippen LogP contribution in [-0.4, -0.2) is 41.2 Å². The van der Waals surface area contributed by atoms with Crippen LogP contribution in [-0.2, 0) is 14.3 Å². The monoisotopic (exact) mass is 520 g/mol. The smallest absolute Gasteiger partial charge is 0.329 e. The van der Waals surface area contributed by atoms with Crippen LogP contribution in [0.3, 0.4) is 0 Å². The van der Waals surface area contributed by atoms with Gasteiger partial charge in [-0.15, -0.1) is 0 Å². The van der Waals surface area contributed by atoms with Crippen LogP contribution in [0.5, 0.6) is 0 Å². The van der Waals surface area contributed by atoms with E-state index in [-0.39, 0.29) is 17.5 Å². The van der Waals surface area contributed by atoms with E-state index in [1.54, 1.807) is 43.3 Å². The minimum absolute atomic E-state index is 0.254. The number of halogens is 2. The van der Waals surface area contributed by atoms with E-state index in [0.29, 0.717) is 27.2 Å². The molecule has 0 fully saturated rings. The lowest BCUT2D eigenvalue weighted by Gasteiger charge is -2.24. The molecule has 2 aromatic carbocycles. The van der Waals surface area contributed by atoms with E-state index in [9.17, 15) is 19.2 Å². The third-order valence-corrected chi connectivity index (χ3v) is 6.58. The average Bonchev–Trinajstić information content (AvgIpc) is 3.04. The normalized spacial score (nSPS) is 13.7. The Bertz CT molecular complexity index is 1050. The molecule has 7 nitrogen and oxygen atoms in total. The molecule has 9 heteroatoms. The fraction of sp³-hybridized carbons (Fsp3) is 0.304. The minimum Gasteiger partial charge on any atom is -0.454 e. The second-order valence-corrected chi connectivity index (χ2v) is 8.61. The Morgan fingerprint density at radius 2 is 1.75 bits per heavy atom. The highest BCUT2D eigenvalue weighted by Gasteiger charge is 2.43. The zero-order valence-corrected chi connectivity index (χ0v) is 20.0. The Labute approximate surface area is 199 Å². The number of esters is 1. The number of benzene rings is 2. The zero-order valence-electron chi connectivity index (χ0n) is 17.6. The summed E-state index contributed by atoms with van der Waals surface area (Å²) < 4.78 is 5.89. The zero-order chi connectivity index (χ0) is 23.4. The van der Waals surface area contributed by atoms with Crippen molar-refractivity contribution in [2.75, 3.05) is 11.9 Å². The van der Waals surface area contributed by atoms with Crippen LogP contribution in [0.1, 0.15) is 52.5 Å². The summed E-state index contributed by atoms with van der Waals surface area (Å²) in [4.78, 5) is 51.7. The highest BCUT2D eigenvalue weighted by atomic mass is 79.9. The molecule has 1 heterocycles. The van der Waals surface area contributed by atoms with Gasteiger partial charge in [-0.2, -0.15) is 0 Å². The molecule has 1 N–H and O–H groups in total. The molecule has 0 saturated heterocycles. The number of nitrogens with zero attached hydrogens (tertiary/aromatic N) is 1. The van der Waals surface area contributed by atoms with Gasteiger partial charge in [-0.3, -0.25) is 19.3 Å². The molecule has 1 aliphatic heterocycles. The van der Waals surface area contributed by atoms with Gasteiger partial charge in [-0.05, 0) is 59.1 Å². The number of hydrogen-bond donors (Lipinski definition) is 1. The summed E-state index contributed by atoms with van der Waals surface area (Å²) in [5, 5.41) is 3.11. The number of nitrogens with one attached hydrogen (secondary N) is 1. The molecule has 0 spiro atoms. The van der Waals surface area contributed by atoms with E-state index in [2.05, 4.69) is 21.2 Å². The Kier molecular flexibility index (Phi) is 7.69. The molecule has 168 valence electrons. The van der Waals surface area contributed by atoms with E-state index >= 15 is 0 Å². The number of hydrogen-bond acceptors (Lipinski definition) is 5. The van der Waals surface area contributed by atoms with Crippen molar-refractivity contribution in [2.45, 2.75) is 39.2 Å². The molecule has 0 radical (unpaired) electrons. The first kappa shape index (κ1) is 23.9. The predicted molar refractivity (Wildman–Crippen MR) is 124 cm³/mol. The first-order valence-corrected chi connectivity index (χ1v) is 11.3. The van der Waals surface area contributed by atoms with Gasteiger partial charge in [0.2, 0.25) is 0 Å². The fourth-order valence-electron chi connectivity index (χ4n) is 3.45. The van der Waals surface area contributed by atoms with E-state index in [4.69, 9.17) is 16.3 Å². The van der Waals surface area contributed by atoms with Crippen molar-refractivity contribution in [3.8, 4) is 0 Å². The van der Waals surface area contributed by atoms with Crippen LogP contribution in [0.25, 0.3) is 0 Å². The van der Waals surface area contributed by atoms with Crippen molar-refractivity contribution < 1.29 is 23.9 Å². The van der Waals surface area contributed by atoms with Crippen LogP contribution in [0.15, 0.2) is 40.9 Å². The molecule has 1 aliphatic rings. The van der Waals surface area contributed by atoms with E-state index in [1.807, 2.05) is 6.92 Å². The number of imide groups is 1. The van der Waals surface area contributed by atoms with Crippen molar-refractivity contribution in [1.29, 1.82) is 0 Å². The lowest BCUT2D eigenvalue weighted by molar-refractivity contribution is -0.151. The molecule has 2 aromatic rings. The van der Waals surface area contributed by atoms with E-state index < -0.39 is 36.3 Å². The Morgan fingerprint density at radius 3 is 2.34 bits per heavy atom. The maximum Gasteiger partial charge on any atom is 0.329 e. The van der Waals surface area contributed by atoms with E-state index in [0.717, 1.165) is 11.3 Å². The van der Waals surface area contributed by atoms with Gasteiger partial charge in [0.05, 0.1) is 16.1 Å². The number of anilines is 1. The van der Waals surface area contributed by atoms with Gasteiger partial charge in [0, 0.05) is 10.2 Å². The fourth-order valence-corrected chi connectivity index (χ4v) is 4.04. The molecule has 1 atom stereocenters. The van der Waals surface area contributed by atoms with Crippen molar-refractivity contribution >= 4 is 56.9 Å². The average molecular weight is 522 g/mol. The van der Waals surface area contributed by atoms with Crippen LogP contribution in [0.4, 0.5) is 5.69 Å². The summed E-state index contributed by atoms with van der Waals surface area (Å²) in [6.45, 7) is 3.12. The van der Waals surface area contributed by atoms with Crippen LogP contribution >= 0.6 is 27.5 Å². The quantitative estimate of drug-likeness (QED) is 0.400. The number of carbonyl (C=O) groups is 4.